The van der Waals surface area contributed by atoms with E-state index < -0.39 is 20.9 Å². The first-order chi connectivity index (χ1) is 4.93. The van der Waals surface area contributed by atoms with E-state index in [1.54, 1.807) is 0 Å². The SMILES string of the molecule is N#C[Te]Cc1ccccc1. The molecule has 10 heavy (non-hydrogen) atoms. The van der Waals surface area contributed by atoms with Crippen LogP contribution in [0.15, 0.2) is 30.3 Å². The van der Waals surface area contributed by atoms with Crippen LogP contribution in [-0.2, 0) is 4.47 Å². The third-order valence-electron chi connectivity index (χ3n) is 1.15. The molecule has 0 bridgehead atoms. The van der Waals surface area contributed by atoms with Crippen molar-refractivity contribution in [3.05, 3.63) is 35.9 Å². The molecule has 0 spiro atoms. The number of nitriles is 1. The minimum absolute atomic E-state index is 0.402. The molecule has 0 saturated carbocycles. The Morgan fingerprint density at radius 1 is 1.30 bits per heavy atom. The van der Waals surface area contributed by atoms with Gasteiger partial charge < -0.3 is 0 Å². The van der Waals surface area contributed by atoms with Crippen LogP contribution in [-0.4, -0.2) is 20.9 Å². The van der Waals surface area contributed by atoms with Gasteiger partial charge in [0.2, 0.25) is 0 Å². The summed E-state index contributed by atoms with van der Waals surface area (Å²) in [6.45, 7) is 0. The van der Waals surface area contributed by atoms with Crippen molar-refractivity contribution in [3.8, 4) is 4.12 Å². The summed E-state index contributed by atoms with van der Waals surface area (Å²) in [6, 6.07) is 10.2. The van der Waals surface area contributed by atoms with Crippen LogP contribution in [0, 0.1) is 9.38 Å². The first kappa shape index (κ1) is 7.60. The summed E-state index contributed by atoms with van der Waals surface area (Å²) in [6.07, 6.45) is 0. The van der Waals surface area contributed by atoms with Crippen LogP contribution < -0.4 is 0 Å². The molecule has 0 amide bonds. The van der Waals surface area contributed by atoms with E-state index in [0.717, 1.165) is 4.47 Å². The summed E-state index contributed by atoms with van der Waals surface area (Å²) in [7, 11) is 0. The third-order valence-corrected chi connectivity index (χ3v) is 2.88. The molecule has 0 unspecified atom stereocenters. The molecule has 0 atom stereocenters. The molecule has 1 aromatic rings. The molecule has 0 aliphatic rings. The second-order valence-corrected chi connectivity index (χ2v) is 4.03. The van der Waals surface area contributed by atoms with Gasteiger partial charge >= 0.3 is 70.7 Å². The molecule has 0 aromatic heterocycles. The number of benzene rings is 1. The summed E-state index contributed by atoms with van der Waals surface area (Å²) < 4.78 is 3.25. The van der Waals surface area contributed by atoms with Gasteiger partial charge in [-0.25, -0.2) is 0 Å². The molecule has 0 aliphatic heterocycles. The summed E-state index contributed by atoms with van der Waals surface area (Å²) in [4.78, 5) is 0. The molecule has 0 N–H and O–H groups in total. The zero-order valence-electron chi connectivity index (χ0n) is 5.45. The second-order valence-electron chi connectivity index (χ2n) is 1.87. The normalized spacial score (nSPS) is 8.70. The number of rotatable bonds is 2. The van der Waals surface area contributed by atoms with E-state index in [0.29, 0.717) is 0 Å². The Morgan fingerprint density at radius 3 is 2.60 bits per heavy atom. The molecule has 0 heterocycles. The van der Waals surface area contributed by atoms with Gasteiger partial charge in [-0.3, -0.25) is 0 Å². The Labute approximate surface area is 70.8 Å². The first-order valence-corrected chi connectivity index (χ1v) is 5.79. The van der Waals surface area contributed by atoms with Gasteiger partial charge in [0.25, 0.3) is 0 Å². The number of hydrogen-bond donors (Lipinski definition) is 0. The van der Waals surface area contributed by atoms with Crippen LogP contribution in [0.5, 0.6) is 0 Å². The zero-order valence-corrected chi connectivity index (χ0v) is 7.78. The molecule has 1 aromatic carbocycles. The Bertz CT molecular complexity index is 225. The van der Waals surface area contributed by atoms with Crippen molar-refractivity contribution >= 4 is 20.9 Å². The van der Waals surface area contributed by atoms with Gasteiger partial charge in [0, 0.05) is 0 Å². The summed E-state index contributed by atoms with van der Waals surface area (Å²) in [5.41, 5.74) is 1.30. The van der Waals surface area contributed by atoms with E-state index in [9.17, 15) is 0 Å². The minimum atomic E-state index is -0.402. The zero-order chi connectivity index (χ0) is 7.23. The number of hydrogen-bond acceptors (Lipinski definition) is 1. The second kappa shape index (κ2) is 4.34. The topological polar surface area (TPSA) is 23.8 Å². The van der Waals surface area contributed by atoms with Crippen LogP contribution in [0.2, 0.25) is 0 Å². The molecular formula is C8H7NTe. The van der Waals surface area contributed by atoms with Crippen LogP contribution in [0.4, 0.5) is 0 Å². The van der Waals surface area contributed by atoms with Gasteiger partial charge in [-0.1, -0.05) is 0 Å². The predicted octanol–water partition coefficient (Wildman–Crippen LogP) is 1.37. The van der Waals surface area contributed by atoms with Crippen LogP contribution in [0.1, 0.15) is 5.56 Å². The molecule has 0 fully saturated rings. The van der Waals surface area contributed by atoms with Gasteiger partial charge in [-0.15, -0.1) is 0 Å². The fourth-order valence-electron chi connectivity index (χ4n) is 0.690. The Balaban J connectivity index is 2.52. The average Bonchev–Trinajstić information content (AvgIpc) is 2.03. The predicted molar refractivity (Wildman–Crippen MR) is 41.5 cm³/mol. The van der Waals surface area contributed by atoms with Crippen molar-refractivity contribution in [2.45, 2.75) is 4.47 Å². The van der Waals surface area contributed by atoms with E-state index in [1.807, 2.05) is 18.2 Å². The van der Waals surface area contributed by atoms with E-state index in [4.69, 9.17) is 5.26 Å². The van der Waals surface area contributed by atoms with E-state index >= 15 is 0 Å². The van der Waals surface area contributed by atoms with Crippen molar-refractivity contribution in [2.24, 2.45) is 0 Å². The van der Waals surface area contributed by atoms with Gasteiger partial charge in [-0.05, 0) is 0 Å². The summed E-state index contributed by atoms with van der Waals surface area (Å²) in [5, 5.41) is 8.34. The maximum absolute atomic E-state index is 8.34. The Hall–Kier alpha value is -0.500. The molecule has 0 saturated heterocycles. The van der Waals surface area contributed by atoms with Crippen LogP contribution in [0.3, 0.4) is 0 Å². The summed E-state index contributed by atoms with van der Waals surface area (Å²) in [5.74, 6) is 0. The summed E-state index contributed by atoms with van der Waals surface area (Å²) >= 11 is -0.402. The van der Waals surface area contributed by atoms with E-state index in [2.05, 4.69) is 16.2 Å². The standard InChI is InChI=1S/C8H7NTe/c9-7-10-6-8-4-2-1-3-5-8/h1-5H,6H2. The number of nitrogens with zero attached hydrogens (tertiary/aromatic N) is 1. The molecular weight excluding hydrogens is 238 g/mol. The van der Waals surface area contributed by atoms with Gasteiger partial charge in [0.1, 0.15) is 0 Å². The van der Waals surface area contributed by atoms with Gasteiger partial charge in [0.05, 0.1) is 0 Å². The van der Waals surface area contributed by atoms with Crippen LogP contribution in [0.25, 0.3) is 0 Å². The van der Waals surface area contributed by atoms with Gasteiger partial charge in [-0.2, -0.15) is 0 Å². The van der Waals surface area contributed by atoms with Crippen molar-refractivity contribution in [3.63, 3.8) is 0 Å². The molecule has 1 nitrogen and oxygen atoms in total. The van der Waals surface area contributed by atoms with Crippen molar-refractivity contribution in [1.29, 1.82) is 5.26 Å². The first-order valence-electron chi connectivity index (χ1n) is 2.98. The van der Waals surface area contributed by atoms with Crippen LogP contribution >= 0.6 is 0 Å². The van der Waals surface area contributed by atoms with Crippen molar-refractivity contribution in [2.75, 3.05) is 0 Å². The van der Waals surface area contributed by atoms with Crippen molar-refractivity contribution in [1.82, 2.24) is 0 Å². The monoisotopic (exact) mass is 247 g/mol. The average molecular weight is 245 g/mol. The van der Waals surface area contributed by atoms with E-state index in [1.165, 1.54) is 5.56 Å². The fraction of sp³-hybridized carbons (Fsp3) is 0.125. The van der Waals surface area contributed by atoms with E-state index in [-0.39, 0.29) is 0 Å². The molecule has 1 rings (SSSR count). The quantitative estimate of drug-likeness (QED) is 0.721. The fourth-order valence-corrected chi connectivity index (χ4v) is 1.90. The molecule has 0 radical (unpaired) electrons. The van der Waals surface area contributed by atoms with Crippen molar-refractivity contribution < 1.29 is 0 Å². The Kier molecular flexibility index (Phi) is 3.30. The third kappa shape index (κ3) is 2.40. The molecule has 2 heteroatoms. The maximum atomic E-state index is 8.34. The molecule has 0 aliphatic carbocycles. The Morgan fingerprint density at radius 2 is 2.00 bits per heavy atom. The molecule has 50 valence electrons. The van der Waals surface area contributed by atoms with Gasteiger partial charge in [0.15, 0.2) is 0 Å².